The number of ether oxygens (including phenoxy) is 1. The zero-order valence-corrected chi connectivity index (χ0v) is 11.7. The van der Waals surface area contributed by atoms with E-state index in [1.807, 2.05) is 0 Å². The van der Waals surface area contributed by atoms with Crippen molar-refractivity contribution in [2.75, 3.05) is 27.2 Å². The maximum atomic E-state index is 14.1. The molecular weight excluding hydrogens is 245 g/mol. The highest BCUT2D eigenvalue weighted by molar-refractivity contribution is 5.23. The zero-order chi connectivity index (χ0) is 13.7. The highest BCUT2D eigenvalue weighted by Crippen LogP contribution is 2.20. The summed E-state index contributed by atoms with van der Waals surface area (Å²) in [6, 6.07) is 2.04. The molecule has 0 aliphatic carbocycles. The summed E-state index contributed by atoms with van der Waals surface area (Å²) in [6.45, 7) is 2.07. The van der Waals surface area contributed by atoms with Crippen LogP contribution in [0.25, 0.3) is 0 Å². The fraction of sp³-hybridized carbons (Fsp3) is 0.643. The lowest BCUT2D eigenvalue weighted by Crippen LogP contribution is -2.40. The molecule has 1 aliphatic rings. The number of pyridine rings is 1. The van der Waals surface area contributed by atoms with E-state index < -0.39 is 0 Å². The van der Waals surface area contributed by atoms with E-state index in [-0.39, 0.29) is 11.7 Å². The molecule has 0 saturated carbocycles. The quantitative estimate of drug-likeness (QED) is 0.883. The van der Waals surface area contributed by atoms with Gasteiger partial charge in [-0.3, -0.25) is 0 Å². The maximum absolute atomic E-state index is 14.1. The molecule has 1 aromatic rings. The van der Waals surface area contributed by atoms with Gasteiger partial charge in [-0.15, -0.1) is 0 Å². The number of piperidine rings is 1. The average Bonchev–Trinajstić information content (AvgIpc) is 2.42. The number of rotatable bonds is 5. The van der Waals surface area contributed by atoms with E-state index in [2.05, 4.69) is 22.2 Å². The molecule has 19 heavy (non-hydrogen) atoms. The van der Waals surface area contributed by atoms with Crippen LogP contribution in [0.3, 0.4) is 0 Å². The second-order valence-electron chi connectivity index (χ2n) is 5.06. The van der Waals surface area contributed by atoms with Gasteiger partial charge in [0.25, 0.3) is 5.88 Å². The van der Waals surface area contributed by atoms with Crippen LogP contribution in [0.1, 0.15) is 24.8 Å². The standard InChI is InChI=1S/C14H22FN3O/c1-16-9-11-6-7-17-14(13(11)15)19-10-12-5-3-4-8-18(12)2/h6-7,12,16H,3-5,8-10H2,1-2H3. The highest BCUT2D eigenvalue weighted by Gasteiger charge is 2.20. The Morgan fingerprint density at radius 3 is 3.11 bits per heavy atom. The van der Waals surface area contributed by atoms with Crippen molar-refractivity contribution in [1.29, 1.82) is 0 Å². The molecule has 1 fully saturated rings. The van der Waals surface area contributed by atoms with Crippen LogP contribution in [-0.4, -0.2) is 43.2 Å². The second-order valence-corrected chi connectivity index (χ2v) is 5.06. The number of halogens is 1. The molecule has 1 N–H and O–H groups in total. The van der Waals surface area contributed by atoms with E-state index in [0.717, 1.165) is 13.0 Å². The van der Waals surface area contributed by atoms with Gasteiger partial charge in [-0.1, -0.05) is 6.42 Å². The van der Waals surface area contributed by atoms with Crippen molar-refractivity contribution in [3.8, 4) is 5.88 Å². The Balaban J connectivity index is 1.97. The largest absolute Gasteiger partial charge is 0.474 e. The van der Waals surface area contributed by atoms with Crippen LogP contribution in [-0.2, 0) is 6.54 Å². The van der Waals surface area contributed by atoms with Crippen LogP contribution in [0.5, 0.6) is 5.88 Å². The number of nitrogens with zero attached hydrogens (tertiary/aromatic N) is 2. The number of nitrogens with one attached hydrogen (secondary N) is 1. The van der Waals surface area contributed by atoms with Crippen molar-refractivity contribution in [3.05, 3.63) is 23.6 Å². The summed E-state index contributed by atoms with van der Waals surface area (Å²) in [7, 11) is 3.88. The number of hydrogen-bond donors (Lipinski definition) is 1. The van der Waals surface area contributed by atoms with Crippen LogP contribution >= 0.6 is 0 Å². The Morgan fingerprint density at radius 1 is 1.53 bits per heavy atom. The Labute approximate surface area is 114 Å². The topological polar surface area (TPSA) is 37.4 Å². The van der Waals surface area contributed by atoms with E-state index in [0.29, 0.717) is 24.8 Å². The van der Waals surface area contributed by atoms with Crippen molar-refractivity contribution in [2.45, 2.75) is 31.8 Å². The van der Waals surface area contributed by atoms with Crippen molar-refractivity contribution < 1.29 is 9.13 Å². The van der Waals surface area contributed by atoms with Gasteiger partial charge in [0, 0.05) is 24.3 Å². The SMILES string of the molecule is CNCc1ccnc(OCC2CCCCN2C)c1F. The lowest BCUT2D eigenvalue weighted by atomic mass is 10.0. The third-order valence-corrected chi connectivity index (χ3v) is 3.64. The molecule has 0 aromatic carbocycles. The first kappa shape index (κ1) is 14.2. The Hall–Kier alpha value is -1.20. The van der Waals surface area contributed by atoms with Crippen molar-refractivity contribution >= 4 is 0 Å². The zero-order valence-electron chi connectivity index (χ0n) is 11.7. The molecule has 2 rings (SSSR count). The first-order valence-corrected chi connectivity index (χ1v) is 6.83. The molecule has 0 radical (unpaired) electrons. The molecular formula is C14H22FN3O. The lowest BCUT2D eigenvalue weighted by molar-refractivity contribution is 0.120. The highest BCUT2D eigenvalue weighted by atomic mass is 19.1. The number of hydrogen-bond acceptors (Lipinski definition) is 4. The Kier molecular flexibility index (Phi) is 5.10. The minimum Gasteiger partial charge on any atom is -0.474 e. The predicted molar refractivity (Wildman–Crippen MR) is 72.7 cm³/mol. The van der Waals surface area contributed by atoms with Gasteiger partial charge < -0.3 is 15.0 Å². The first-order chi connectivity index (χ1) is 9.22. The summed E-state index contributed by atoms with van der Waals surface area (Å²) in [4.78, 5) is 6.26. The molecule has 1 unspecified atom stereocenters. The van der Waals surface area contributed by atoms with Gasteiger partial charge >= 0.3 is 0 Å². The summed E-state index contributed by atoms with van der Waals surface area (Å²) in [5.41, 5.74) is 0.587. The first-order valence-electron chi connectivity index (χ1n) is 6.83. The van der Waals surface area contributed by atoms with Crippen LogP contribution in [0.4, 0.5) is 4.39 Å². The molecule has 1 saturated heterocycles. The summed E-state index contributed by atoms with van der Waals surface area (Å²) in [5, 5.41) is 2.93. The minimum atomic E-state index is -0.352. The smallest absolute Gasteiger partial charge is 0.250 e. The fourth-order valence-corrected chi connectivity index (χ4v) is 2.42. The third kappa shape index (κ3) is 3.64. The van der Waals surface area contributed by atoms with Crippen LogP contribution in [0.15, 0.2) is 12.3 Å². The molecule has 4 nitrogen and oxygen atoms in total. The lowest BCUT2D eigenvalue weighted by Gasteiger charge is -2.32. The molecule has 1 aromatic heterocycles. The molecule has 5 heteroatoms. The number of likely N-dealkylation sites (tertiary alicyclic amines) is 1. The van der Waals surface area contributed by atoms with E-state index in [9.17, 15) is 4.39 Å². The van der Waals surface area contributed by atoms with Crippen molar-refractivity contribution in [3.63, 3.8) is 0 Å². The van der Waals surface area contributed by atoms with Gasteiger partial charge in [-0.2, -0.15) is 0 Å². The van der Waals surface area contributed by atoms with Crippen molar-refractivity contribution in [1.82, 2.24) is 15.2 Å². The van der Waals surface area contributed by atoms with E-state index in [4.69, 9.17) is 4.74 Å². The summed E-state index contributed by atoms with van der Waals surface area (Å²) >= 11 is 0. The van der Waals surface area contributed by atoms with Gasteiger partial charge in [0.15, 0.2) is 5.82 Å². The molecule has 1 atom stereocenters. The summed E-state index contributed by atoms with van der Waals surface area (Å²) < 4.78 is 19.6. The van der Waals surface area contributed by atoms with Gasteiger partial charge in [-0.25, -0.2) is 9.37 Å². The van der Waals surface area contributed by atoms with E-state index >= 15 is 0 Å². The van der Waals surface area contributed by atoms with Gasteiger partial charge in [0.1, 0.15) is 6.61 Å². The van der Waals surface area contributed by atoms with Crippen LogP contribution < -0.4 is 10.1 Å². The molecule has 106 valence electrons. The average molecular weight is 267 g/mol. The van der Waals surface area contributed by atoms with E-state index in [1.54, 1.807) is 19.3 Å². The monoisotopic (exact) mass is 267 g/mol. The molecule has 0 amide bonds. The molecule has 0 spiro atoms. The van der Waals surface area contributed by atoms with Crippen molar-refractivity contribution in [2.24, 2.45) is 0 Å². The van der Waals surface area contributed by atoms with E-state index in [1.165, 1.54) is 12.8 Å². The van der Waals surface area contributed by atoms with Gasteiger partial charge in [0.05, 0.1) is 0 Å². The molecule has 1 aliphatic heterocycles. The van der Waals surface area contributed by atoms with Crippen LogP contribution in [0.2, 0.25) is 0 Å². The normalized spacial score (nSPS) is 20.5. The fourth-order valence-electron chi connectivity index (χ4n) is 2.42. The van der Waals surface area contributed by atoms with Crippen LogP contribution in [0, 0.1) is 5.82 Å². The minimum absolute atomic E-state index is 0.117. The third-order valence-electron chi connectivity index (χ3n) is 3.64. The second kappa shape index (κ2) is 6.82. The Bertz CT molecular complexity index is 414. The summed E-state index contributed by atoms with van der Waals surface area (Å²) in [6.07, 6.45) is 5.15. The predicted octanol–water partition coefficient (Wildman–Crippen LogP) is 1.80. The molecule has 2 heterocycles. The summed E-state index contributed by atoms with van der Waals surface area (Å²) in [5.74, 6) is -0.234. The number of likely N-dealkylation sites (N-methyl/N-ethyl adjacent to an activating group) is 1. The maximum Gasteiger partial charge on any atom is 0.250 e. The van der Waals surface area contributed by atoms with Gasteiger partial charge in [0.2, 0.25) is 0 Å². The van der Waals surface area contributed by atoms with Gasteiger partial charge in [-0.05, 0) is 39.5 Å². The Morgan fingerprint density at radius 2 is 2.37 bits per heavy atom. The number of aromatic nitrogens is 1. The molecule has 0 bridgehead atoms.